The maximum absolute atomic E-state index is 13.4. The van der Waals surface area contributed by atoms with Gasteiger partial charge in [0.2, 0.25) is 0 Å². The van der Waals surface area contributed by atoms with Crippen LogP contribution in [0.3, 0.4) is 0 Å². The van der Waals surface area contributed by atoms with Crippen molar-refractivity contribution in [2.24, 2.45) is 0 Å². The predicted molar refractivity (Wildman–Crippen MR) is 110 cm³/mol. The van der Waals surface area contributed by atoms with Crippen LogP contribution in [0.15, 0.2) is 30.6 Å². The van der Waals surface area contributed by atoms with Crippen LogP contribution in [0, 0.1) is 22.9 Å². The van der Waals surface area contributed by atoms with E-state index in [-0.39, 0.29) is 17.9 Å². The quantitative estimate of drug-likeness (QED) is 0.216. The van der Waals surface area contributed by atoms with Crippen LogP contribution in [-0.4, -0.2) is 47.7 Å². The molecule has 1 aromatic carbocycles. The van der Waals surface area contributed by atoms with E-state index in [0.717, 1.165) is 18.9 Å². The van der Waals surface area contributed by atoms with Gasteiger partial charge in [-0.2, -0.15) is 0 Å². The highest BCUT2D eigenvalue weighted by molar-refractivity contribution is 6.52. The summed E-state index contributed by atoms with van der Waals surface area (Å²) in [7, 11) is 0. The van der Waals surface area contributed by atoms with Crippen molar-refractivity contribution in [3.05, 3.63) is 63.6 Å². The Hall–Kier alpha value is -3.96. The normalized spacial score (nSPS) is 13.1. The molecule has 0 atom stereocenters. The van der Waals surface area contributed by atoms with E-state index in [9.17, 15) is 24.1 Å². The summed E-state index contributed by atoms with van der Waals surface area (Å²) < 4.78 is 16.5. The number of aromatic nitrogens is 5. The number of halogens is 1. The number of Topliss-reactive ketones (excluding diaryl/α,β-unsaturated/α-hetero) is 1. The Morgan fingerprint density at radius 2 is 1.94 bits per heavy atom. The van der Waals surface area contributed by atoms with E-state index in [4.69, 9.17) is 0 Å². The summed E-state index contributed by atoms with van der Waals surface area (Å²) in [4.78, 5) is 40.1. The molecule has 11 nitrogen and oxygen atoms in total. The molecule has 0 radical (unpaired) electrons. The molecule has 0 unspecified atom stereocenters. The number of hydrogen-bond donors (Lipinski definition) is 0. The van der Waals surface area contributed by atoms with Crippen LogP contribution in [0.4, 0.5) is 15.9 Å². The Labute approximate surface area is 181 Å². The first kappa shape index (κ1) is 21.3. The van der Waals surface area contributed by atoms with Gasteiger partial charge in [0.25, 0.3) is 11.7 Å². The van der Waals surface area contributed by atoms with E-state index < -0.39 is 22.4 Å². The Kier molecular flexibility index (Phi) is 5.75. The molecule has 4 rings (SSSR count). The SMILES string of the molecule is Cc1ncc([N+](=O)[O-])n1Cc1cn(CCCCCN2C(=O)C(=O)c3cc(F)ccc32)nn1. The predicted octanol–water partition coefficient (Wildman–Crippen LogP) is 2.28. The van der Waals surface area contributed by atoms with Crippen LogP contribution in [0.5, 0.6) is 0 Å². The van der Waals surface area contributed by atoms with Crippen molar-refractivity contribution in [3.8, 4) is 0 Å². The van der Waals surface area contributed by atoms with Crippen LogP contribution in [0.2, 0.25) is 0 Å². The summed E-state index contributed by atoms with van der Waals surface area (Å²) in [6.07, 6.45) is 5.15. The molecule has 3 heterocycles. The summed E-state index contributed by atoms with van der Waals surface area (Å²) in [5, 5.41) is 19.2. The fourth-order valence-corrected chi connectivity index (χ4v) is 3.69. The number of amides is 1. The standard InChI is InChI=1S/C20H20FN7O4/c1-13-22-10-18(28(31)32)27(13)12-15-11-25(24-23-15)7-3-2-4-8-26-17-6-5-14(21)9-16(17)19(29)20(26)30/h5-6,9-11H,2-4,7-8,12H2,1H3. The van der Waals surface area contributed by atoms with Crippen LogP contribution in [-0.2, 0) is 17.9 Å². The molecule has 0 spiro atoms. The van der Waals surface area contributed by atoms with Gasteiger partial charge in [0.05, 0.1) is 17.4 Å². The molecular weight excluding hydrogens is 421 g/mol. The highest BCUT2D eigenvalue weighted by Gasteiger charge is 2.35. The molecule has 0 saturated carbocycles. The largest absolute Gasteiger partial charge is 0.358 e. The number of benzene rings is 1. The van der Waals surface area contributed by atoms with Crippen LogP contribution in [0.25, 0.3) is 0 Å². The number of carbonyl (C=O) groups is 2. The van der Waals surface area contributed by atoms with Gasteiger partial charge in [-0.1, -0.05) is 5.21 Å². The van der Waals surface area contributed by atoms with E-state index in [2.05, 4.69) is 15.3 Å². The molecule has 0 N–H and O–H groups in total. The van der Waals surface area contributed by atoms with Gasteiger partial charge in [-0.3, -0.25) is 14.3 Å². The van der Waals surface area contributed by atoms with E-state index >= 15 is 0 Å². The van der Waals surface area contributed by atoms with Gasteiger partial charge in [0, 0.05) is 20.0 Å². The number of nitrogens with zero attached hydrogens (tertiary/aromatic N) is 7. The molecule has 1 amide bonds. The Morgan fingerprint density at radius 3 is 2.72 bits per heavy atom. The summed E-state index contributed by atoms with van der Waals surface area (Å²) in [5.74, 6) is -1.43. The lowest BCUT2D eigenvalue weighted by Crippen LogP contribution is -2.30. The number of unbranched alkanes of at least 4 members (excludes halogenated alkanes) is 2. The first-order chi connectivity index (χ1) is 15.3. The highest BCUT2D eigenvalue weighted by atomic mass is 19.1. The minimum absolute atomic E-state index is 0.101. The lowest BCUT2D eigenvalue weighted by molar-refractivity contribution is -0.392. The number of ketones is 1. The maximum atomic E-state index is 13.4. The van der Waals surface area contributed by atoms with Gasteiger partial charge in [-0.25, -0.2) is 13.9 Å². The summed E-state index contributed by atoms with van der Waals surface area (Å²) >= 11 is 0. The smallest absolute Gasteiger partial charge is 0.343 e. The first-order valence-electron chi connectivity index (χ1n) is 10.1. The zero-order valence-electron chi connectivity index (χ0n) is 17.3. The molecule has 2 aromatic heterocycles. The number of fused-ring (bicyclic) bond motifs is 1. The molecule has 0 saturated heterocycles. The molecule has 0 bridgehead atoms. The third kappa shape index (κ3) is 4.11. The molecule has 166 valence electrons. The molecule has 0 aliphatic carbocycles. The van der Waals surface area contributed by atoms with E-state index in [1.807, 2.05) is 0 Å². The first-order valence-corrected chi connectivity index (χ1v) is 10.1. The minimum Gasteiger partial charge on any atom is -0.358 e. The van der Waals surface area contributed by atoms with Crippen LogP contribution < -0.4 is 4.90 Å². The fraction of sp³-hybridized carbons (Fsp3) is 0.350. The average molecular weight is 441 g/mol. The Bertz CT molecular complexity index is 1200. The van der Waals surface area contributed by atoms with Gasteiger partial charge in [-0.15, -0.1) is 5.10 Å². The average Bonchev–Trinajstić information content (AvgIpc) is 3.42. The van der Waals surface area contributed by atoms with Gasteiger partial charge >= 0.3 is 5.82 Å². The number of rotatable bonds is 9. The zero-order chi connectivity index (χ0) is 22.8. The number of aryl methyl sites for hydroxylation is 2. The minimum atomic E-state index is -0.678. The summed E-state index contributed by atoms with van der Waals surface area (Å²) in [5.41, 5.74) is 1.14. The molecule has 32 heavy (non-hydrogen) atoms. The van der Waals surface area contributed by atoms with E-state index in [0.29, 0.717) is 36.7 Å². The third-order valence-corrected chi connectivity index (χ3v) is 5.33. The summed E-state index contributed by atoms with van der Waals surface area (Å²) in [6, 6.07) is 3.79. The van der Waals surface area contributed by atoms with Crippen molar-refractivity contribution < 1.29 is 18.9 Å². The second-order valence-electron chi connectivity index (χ2n) is 7.49. The van der Waals surface area contributed by atoms with Crippen molar-refractivity contribution in [3.63, 3.8) is 0 Å². The van der Waals surface area contributed by atoms with E-state index in [1.165, 1.54) is 27.8 Å². The van der Waals surface area contributed by atoms with E-state index in [1.54, 1.807) is 17.8 Å². The Balaban J connectivity index is 1.27. The van der Waals surface area contributed by atoms with Crippen molar-refractivity contribution in [1.29, 1.82) is 0 Å². The summed E-state index contributed by atoms with van der Waals surface area (Å²) in [6.45, 7) is 2.85. The third-order valence-electron chi connectivity index (χ3n) is 5.33. The van der Waals surface area contributed by atoms with Crippen molar-refractivity contribution in [2.75, 3.05) is 11.4 Å². The topological polar surface area (TPSA) is 129 Å². The van der Waals surface area contributed by atoms with Gasteiger partial charge in [0.1, 0.15) is 24.3 Å². The van der Waals surface area contributed by atoms with Crippen molar-refractivity contribution in [1.82, 2.24) is 24.5 Å². The van der Waals surface area contributed by atoms with Gasteiger partial charge < -0.3 is 15.0 Å². The molecular formula is C20H20FN7O4. The number of imidazole rings is 1. The van der Waals surface area contributed by atoms with Crippen LogP contribution in [0.1, 0.15) is 41.1 Å². The van der Waals surface area contributed by atoms with Crippen molar-refractivity contribution >= 4 is 23.2 Å². The second kappa shape index (κ2) is 8.65. The zero-order valence-corrected chi connectivity index (χ0v) is 17.3. The highest BCUT2D eigenvalue weighted by Crippen LogP contribution is 2.29. The molecule has 12 heteroatoms. The van der Waals surface area contributed by atoms with Crippen molar-refractivity contribution in [2.45, 2.75) is 39.3 Å². The fourth-order valence-electron chi connectivity index (χ4n) is 3.69. The Morgan fingerprint density at radius 1 is 1.16 bits per heavy atom. The number of hydrogen-bond acceptors (Lipinski definition) is 7. The monoisotopic (exact) mass is 441 g/mol. The van der Waals surface area contributed by atoms with Gasteiger partial charge in [0.15, 0.2) is 5.82 Å². The lowest BCUT2D eigenvalue weighted by Gasteiger charge is -2.16. The number of anilines is 1. The van der Waals surface area contributed by atoms with Crippen LogP contribution >= 0.6 is 0 Å². The molecule has 0 fully saturated rings. The molecule has 3 aromatic rings. The lowest BCUT2D eigenvalue weighted by atomic mass is 10.1. The second-order valence-corrected chi connectivity index (χ2v) is 7.49. The maximum Gasteiger partial charge on any atom is 0.343 e. The number of nitro groups is 1. The number of carbonyl (C=O) groups excluding carboxylic acids is 2. The molecule has 1 aliphatic heterocycles. The van der Waals surface area contributed by atoms with Gasteiger partial charge in [-0.05, 0) is 42.4 Å². The molecule has 1 aliphatic rings.